The molecule has 0 atom stereocenters. The lowest BCUT2D eigenvalue weighted by atomic mass is 10.2. The zero-order valence-electron chi connectivity index (χ0n) is 13.2. The van der Waals surface area contributed by atoms with Gasteiger partial charge in [0.25, 0.3) is 5.91 Å². The summed E-state index contributed by atoms with van der Waals surface area (Å²) in [6.45, 7) is 2.44. The molecule has 0 unspecified atom stereocenters. The van der Waals surface area contributed by atoms with Gasteiger partial charge in [-0.2, -0.15) is 5.10 Å². The second-order valence-electron chi connectivity index (χ2n) is 4.67. The van der Waals surface area contributed by atoms with Crippen LogP contribution in [0.4, 0.5) is 0 Å². The van der Waals surface area contributed by atoms with Gasteiger partial charge in [0.15, 0.2) is 11.5 Å². The molecule has 5 nitrogen and oxygen atoms in total. The summed E-state index contributed by atoms with van der Waals surface area (Å²) in [6.07, 6.45) is 1.50. The zero-order valence-corrected chi connectivity index (χ0v) is 14.7. The number of amides is 1. The van der Waals surface area contributed by atoms with E-state index in [9.17, 15) is 4.79 Å². The number of hydrogen-bond acceptors (Lipinski definition) is 4. The van der Waals surface area contributed by atoms with Gasteiger partial charge in [0.05, 0.1) is 30.5 Å². The number of nitrogens with one attached hydrogen (secondary N) is 1. The van der Waals surface area contributed by atoms with Crippen LogP contribution >= 0.6 is 23.2 Å². The maximum absolute atomic E-state index is 12.0. The van der Waals surface area contributed by atoms with E-state index in [2.05, 4.69) is 10.5 Å². The Morgan fingerprint density at radius 3 is 2.67 bits per heavy atom. The van der Waals surface area contributed by atoms with Crippen LogP contribution in [0.5, 0.6) is 11.5 Å². The Hall–Kier alpha value is -2.24. The summed E-state index contributed by atoms with van der Waals surface area (Å²) < 4.78 is 10.7. The van der Waals surface area contributed by atoms with Crippen molar-refractivity contribution in [2.75, 3.05) is 13.7 Å². The molecule has 0 aliphatic rings. The quantitative estimate of drug-likeness (QED) is 0.616. The first-order chi connectivity index (χ1) is 11.5. The number of rotatable bonds is 6. The van der Waals surface area contributed by atoms with Crippen LogP contribution in [-0.2, 0) is 0 Å². The van der Waals surface area contributed by atoms with Crippen LogP contribution in [0, 0.1) is 0 Å². The van der Waals surface area contributed by atoms with Crippen LogP contribution in [0.25, 0.3) is 0 Å². The van der Waals surface area contributed by atoms with Crippen LogP contribution < -0.4 is 14.9 Å². The van der Waals surface area contributed by atoms with Crippen LogP contribution in [-0.4, -0.2) is 25.8 Å². The van der Waals surface area contributed by atoms with Gasteiger partial charge in [-0.3, -0.25) is 4.79 Å². The fourth-order valence-electron chi connectivity index (χ4n) is 1.94. The molecule has 126 valence electrons. The van der Waals surface area contributed by atoms with Crippen molar-refractivity contribution in [3.05, 3.63) is 57.6 Å². The molecule has 0 aliphatic carbocycles. The first-order valence-corrected chi connectivity index (χ1v) is 7.90. The number of carbonyl (C=O) groups is 1. The Morgan fingerprint density at radius 2 is 2.00 bits per heavy atom. The molecule has 0 aliphatic heterocycles. The predicted octanol–water partition coefficient (Wildman–Crippen LogP) is 4.16. The molecule has 0 saturated heterocycles. The number of hydrazone groups is 1. The molecule has 0 aromatic heterocycles. The van der Waals surface area contributed by atoms with Gasteiger partial charge in [-0.05, 0) is 48.9 Å². The largest absolute Gasteiger partial charge is 0.493 e. The number of hydrogen-bond donors (Lipinski definition) is 1. The minimum atomic E-state index is -0.425. The molecular formula is C17H16Cl2N2O3. The van der Waals surface area contributed by atoms with Crippen LogP contribution in [0.15, 0.2) is 41.5 Å². The summed E-state index contributed by atoms with van der Waals surface area (Å²) in [4.78, 5) is 12.0. The highest BCUT2D eigenvalue weighted by molar-refractivity contribution is 6.36. The van der Waals surface area contributed by atoms with E-state index in [-0.39, 0.29) is 5.02 Å². The summed E-state index contributed by atoms with van der Waals surface area (Å²) in [7, 11) is 1.56. The number of methoxy groups -OCH3 is 1. The van der Waals surface area contributed by atoms with E-state index in [4.69, 9.17) is 32.7 Å². The molecule has 0 radical (unpaired) electrons. The van der Waals surface area contributed by atoms with Crippen LogP contribution in [0.3, 0.4) is 0 Å². The number of halogens is 2. The highest BCUT2D eigenvalue weighted by Gasteiger charge is 2.09. The van der Waals surface area contributed by atoms with Crippen molar-refractivity contribution in [2.45, 2.75) is 6.92 Å². The molecule has 24 heavy (non-hydrogen) atoms. The van der Waals surface area contributed by atoms with Crippen LogP contribution in [0.1, 0.15) is 22.8 Å². The summed E-state index contributed by atoms with van der Waals surface area (Å²) >= 11 is 11.8. The van der Waals surface area contributed by atoms with E-state index in [0.717, 1.165) is 5.56 Å². The lowest BCUT2D eigenvalue weighted by Crippen LogP contribution is -2.18. The third-order valence-corrected chi connectivity index (χ3v) is 3.59. The summed E-state index contributed by atoms with van der Waals surface area (Å²) in [5, 5.41) is 4.64. The fraction of sp³-hybridized carbons (Fsp3) is 0.176. The zero-order chi connectivity index (χ0) is 17.5. The molecule has 1 N–H and O–H groups in total. The topological polar surface area (TPSA) is 59.9 Å². The molecule has 2 rings (SSSR count). The first-order valence-electron chi connectivity index (χ1n) is 7.14. The average Bonchev–Trinajstić information content (AvgIpc) is 2.56. The van der Waals surface area contributed by atoms with Crippen molar-refractivity contribution in [2.24, 2.45) is 5.10 Å². The molecule has 2 aromatic rings. The lowest BCUT2D eigenvalue weighted by molar-refractivity contribution is 0.0955. The van der Waals surface area contributed by atoms with Gasteiger partial charge in [0.2, 0.25) is 0 Å². The van der Waals surface area contributed by atoms with Gasteiger partial charge >= 0.3 is 0 Å². The second kappa shape index (κ2) is 8.57. The first kappa shape index (κ1) is 18.1. The van der Waals surface area contributed by atoms with E-state index >= 15 is 0 Å². The Bertz CT molecular complexity index is 763. The summed E-state index contributed by atoms with van der Waals surface area (Å²) in [5.74, 6) is 0.813. The van der Waals surface area contributed by atoms with Gasteiger partial charge in [0, 0.05) is 5.02 Å². The number of carbonyl (C=O) groups excluding carboxylic acids is 1. The van der Waals surface area contributed by atoms with E-state index in [1.54, 1.807) is 31.4 Å². The average molecular weight is 367 g/mol. The van der Waals surface area contributed by atoms with Gasteiger partial charge < -0.3 is 9.47 Å². The van der Waals surface area contributed by atoms with Gasteiger partial charge in [0.1, 0.15) is 0 Å². The molecule has 0 fully saturated rings. The van der Waals surface area contributed by atoms with Gasteiger partial charge in [-0.15, -0.1) is 0 Å². The van der Waals surface area contributed by atoms with Crippen molar-refractivity contribution in [3.8, 4) is 11.5 Å². The molecule has 0 bridgehead atoms. The Labute approximate surface area is 150 Å². The molecule has 1 amide bonds. The highest BCUT2D eigenvalue weighted by Crippen LogP contribution is 2.27. The molecular weight excluding hydrogens is 351 g/mol. The van der Waals surface area contributed by atoms with E-state index in [1.807, 2.05) is 6.92 Å². The summed E-state index contributed by atoms with van der Waals surface area (Å²) in [6, 6.07) is 9.97. The van der Waals surface area contributed by atoms with Gasteiger partial charge in [-0.1, -0.05) is 23.2 Å². The maximum atomic E-state index is 12.0. The van der Waals surface area contributed by atoms with Crippen molar-refractivity contribution < 1.29 is 14.3 Å². The SMILES string of the molecule is CCOc1ccc(/C=N/NC(=O)c2ccc(Cl)cc2Cl)cc1OC. The van der Waals surface area contributed by atoms with E-state index in [1.165, 1.54) is 18.3 Å². The van der Waals surface area contributed by atoms with E-state index < -0.39 is 5.91 Å². The monoisotopic (exact) mass is 366 g/mol. The maximum Gasteiger partial charge on any atom is 0.272 e. The van der Waals surface area contributed by atoms with Crippen molar-refractivity contribution in [1.29, 1.82) is 0 Å². The normalized spacial score (nSPS) is 10.7. The Kier molecular flexibility index (Phi) is 6.46. The highest BCUT2D eigenvalue weighted by atomic mass is 35.5. The van der Waals surface area contributed by atoms with Crippen molar-refractivity contribution in [3.63, 3.8) is 0 Å². The summed E-state index contributed by atoms with van der Waals surface area (Å²) in [5.41, 5.74) is 3.46. The van der Waals surface area contributed by atoms with Crippen molar-refractivity contribution in [1.82, 2.24) is 5.43 Å². The minimum Gasteiger partial charge on any atom is -0.493 e. The molecule has 0 saturated carbocycles. The third kappa shape index (κ3) is 4.63. The minimum absolute atomic E-state index is 0.262. The standard InChI is InChI=1S/C17H16Cl2N2O3/c1-3-24-15-7-4-11(8-16(15)23-2)10-20-21-17(22)13-6-5-12(18)9-14(13)19/h4-10H,3H2,1-2H3,(H,21,22)/b20-10+. The lowest BCUT2D eigenvalue weighted by Gasteiger charge is -2.09. The third-order valence-electron chi connectivity index (χ3n) is 3.04. The number of ether oxygens (including phenoxy) is 2. The number of benzene rings is 2. The Morgan fingerprint density at radius 1 is 1.21 bits per heavy atom. The molecule has 0 heterocycles. The van der Waals surface area contributed by atoms with Gasteiger partial charge in [-0.25, -0.2) is 5.43 Å². The smallest absolute Gasteiger partial charge is 0.272 e. The Balaban J connectivity index is 2.07. The fourth-order valence-corrected chi connectivity index (χ4v) is 2.43. The second-order valence-corrected chi connectivity index (χ2v) is 5.51. The molecule has 7 heteroatoms. The van der Waals surface area contributed by atoms with E-state index in [0.29, 0.717) is 28.7 Å². The molecule has 0 spiro atoms. The predicted molar refractivity (Wildman–Crippen MR) is 95.7 cm³/mol. The van der Waals surface area contributed by atoms with Crippen LogP contribution in [0.2, 0.25) is 10.0 Å². The number of nitrogens with zero attached hydrogens (tertiary/aromatic N) is 1. The van der Waals surface area contributed by atoms with Crippen molar-refractivity contribution >= 4 is 35.3 Å². The molecule has 2 aromatic carbocycles.